The summed E-state index contributed by atoms with van der Waals surface area (Å²) in [4.78, 5) is 36.0. The quantitative estimate of drug-likeness (QED) is 0.574. The number of carbonyl (C=O) groups is 1. The Kier molecular flexibility index (Phi) is 5.18. The first-order chi connectivity index (χ1) is 10.2. The van der Waals surface area contributed by atoms with Crippen molar-refractivity contribution in [3.8, 4) is 0 Å². The second kappa shape index (κ2) is 6.59. The van der Waals surface area contributed by atoms with Gasteiger partial charge in [-0.15, -0.1) is 0 Å². The zero-order valence-electron chi connectivity index (χ0n) is 10.9. The van der Waals surface area contributed by atoms with E-state index >= 15 is 0 Å². The van der Waals surface area contributed by atoms with Crippen LogP contribution < -0.4 is 11.2 Å². The summed E-state index contributed by atoms with van der Waals surface area (Å²) in [5.41, 5.74) is -1.29. The van der Waals surface area contributed by atoms with E-state index in [1.807, 2.05) is 4.98 Å². The maximum atomic E-state index is 11.7. The number of aliphatic hydroxyl groups excluding tert-OH is 1. The number of hydrogen-bond donors (Lipinski definition) is 2. The number of ether oxygens (including phenoxy) is 2. The molecule has 0 saturated carbocycles. The SMILES string of the molecule is O=C(OC[C@@H]1C[C@H](O)[C@H](n2ccc(=O)[nH]c2=O)O1)C(Cl)(Cl)Cl. The van der Waals surface area contributed by atoms with Crippen LogP contribution in [-0.4, -0.2) is 43.2 Å². The van der Waals surface area contributed by atoms with E-state index in [0.29, 0.717) is 0 Å². The maximum Gasteiger partial charge on any atom is 0.358 e. The van der Waals surface area contributed by atoms with E-state index < -0.39 is 39.4 Å². The van der Waals surface area contributed by atoms with Gasteiger partial charge in [-0.3, -0.25) is 14.3 Å². The fraction of sp³-hybridized carbons (Fsp3) is 0.545. The van der Waals surface area contributed by atoms with Crippen LogP contribution >= 0.6 is 34.8 Å². The van der Waals surface area contributed by atoms with E-state index in [-0.39, 0.29) is 13.0 Å². The number of H-pyrrole nitrogens is 1. The van der Waals surface area contributed by atoms with Crippen molar-refractivity contribution >= 4 is 40.8 Å². The fourth-order valence-corrected chi connectivity index (χ4v) is 2.13. The molecule has 3 atom stereocenters. The molecule has 0 radical (unpaired) electrons. The molecule has 2 rings (SSSR count). The second-order valence-corrected chi connectivity index (χ2v) is 6.85. The molecule has 1 aliphatic heterocycles. The molecule has 1 aliphatic rings. The Bertz CT molecular complexity index is 667. The van der Waals surface area contributed by atoms with Crippen LogP contribution in [0.4, 0.5) is 0 Å². The molecule has 8 nitrogen and oxygen atoms in total. The van der Waals surface area contributed by atoms with Crippen LogP contribution in [0.3, 0.4) is 0 Å². The number of aromatic amines is 1. The van der Waals surface area contributed by atoms with Crippen LogP contribution in [0, 0.1) is 0 Å². The van der Waals surface area contributed by atoms with Crippen LogP contribution in [-0.2, 0) is 14.3 Å². The Balaban J connectivity index is 2.02. The van der Waals surface area contributed by atoms with Gasteiger partial charge >= 0.3 is 11.7 Å². The summed E-state index contributed by atoms with van der Waals surface area (Å²) >= 11 is 16.0. The van der Waals surface area contributed by atoms with Crippen molar-refractivity contribution in [2.45, 2.75) is 28.6 Å². The largest absolute Gasteiger partial charge is 0.460 e. The Morgan fingerprint density at radius 2 is 2.18 bits per heavy atom. The summed E-state index contributed by atoms with van der Waals surface area (Å²) in [6.45, 7) is -0.252. The molecule has 122 valence electrons. The Morgan fingerprint density at radius 1 is 1.50 bits per heavy atom. The molecule has 0 aliphatic carbocycles. The number of nitrogens with zero attached hydrogens (tertiary/aromatic N) is 1. The Hall–Kier alpha value is -1.06. The lowest BCUT2D eigenvalue weighted by Gasteiger charge is -2.17. The number of halogens is 3. The molecule has 2 heterocycles. The van der Waals surface area contributed by atoms with E-state index in [4.69, 9.17) is 44.3 Å². The smallest absolute Gasteiger partial charge is 0.358 e. The third kappa shape index (κ3) is 4.02. The number of aromatic nitrogens is 2. The number of hydrogen-bond acceptors (Lipinski definition) is 6. The molecule has 11 heteroatoms. The van der Waals surface area contributed by atoms with Crippen LogP contribution in [0.25, 0.3) is 0 Å². The Labute approximate surface area is 138 Å². The highest BCUT2D eigenvalue weighted by Gasteiger charge is 2.38. The summed E-state index contributed by atoms with van der Waals surface area (Å²) in [5, 5.41) is 9.94. The van der Waals surface area contributed by atoms with Crippen molar-refractivity contribution in [3.63, 3.8) is 0 Å². The van der Waals surface area contributed by atoms with Gasteiger partial charge in [-0.2, -0.15) is 0 Å². The third-order valence-electron chi connectivity index (χ3n) is 2.92. The minimum Gasteiger partial charge on any atom is -0.460 e. The van der Waals surface area contributed by atoms with Crippen molar-refractivity contribution < 1.29 is 19.4 Å². The molecule has 1 fully saturated rings. The molecule has 2 N–H and O–H groups in total. The van der Waals surface area contributed by atoms with Crippen LogP contribution in [0.1, 0.15) is 12.6 Å². The molecule has 0 bridgehead atoms. The van der Waals surface area contributed by atoms with Crippen molar-refractivity contribution in [1.82, 2.24) is 9.55 Å². The van der Waals surface area contributed by atoms with Gasteiger partial charge in [-0.05, 0) is 0 Å². The standard InChI is InChI=1S/C11H11Cl3N2O6/c12-11(13,14)9(19)21-4-5-3-6(17)8(22-5)16-2-1-7(18)15-10(16)20/h1-2,5-6,8,17H,3-4H2,(H,15,18,20)/t5-,6-,8+/m0/s1. The maximum absolute atomic E-state index is 11.7. The van der Waals surface area contributed by atoms with Crippen molar-refractivity contribution in [2.24, 2.45) is 0 Å². The van der Waals surface area contributed by atoms with Crippen LogP contribution in [0.2, 0.25) is 0 Å². The molecule has 1 aromatic heterocycles. The normalized spacial score (nSPS) is 25.2. The summed E-state index contributed by atoms with van der Waals surface area (Å²) in [7, 11) is 0. The number of carbonyl (C=O) groups excluding carboxylic acids is 1. The molecule has 22 heavy (non-hydrogen) atoms. The predicted octanol–water partition coefficient (Wildman–Crippen LogP) is 0.0984. The van der Waals surface area contributed by atoms with E-state index in [9.17, 15) is 19.5 Å². The molecule has 0 spiro atoms. The van der Waals surface area contributed by atoms with E-state index in [0.717, 1.165) is 10.6 Å². The topological polar surface area (TPSA) is 111 Å². The number of rotatable bonds is 3. The molecule has 0 aromatic carbocycles. The van der Waals surface area contributed by atoms with Crippen molar-refractivity contribution in [3.05, 3.63) is 33.1 Å². The minimum absolute atomic E-state index is 0.101. The fourth-order valence-electron chi connectivity index (χ4n) is 1.97. The molecule has 0 unspecified atom stereocenters. The molecular formula is C11H11Cl3N2O6. The third-order valence-corrected chi connectivity index (χ3v) is 3.39. The molecule has 1 aromatic rings. The van der Waals surface area contributed by atoms with Gasteiger partial charge in [0.15, 0.2) is 6.23 Å². The van der Waals surface area contributed by atoms with Crippen molar-refractivity contribution in [2.75, 3.05) is 6.61 Å². The summed E-state index contributed by atoms with van der Waals surface area (Å²) in [6.07, 6.45) is -1.43. The lowest BCUT2D eigenvalue weighted by molar-refractivity contribution is -0.147. The van der Waals surface area contributed by atoms with Gasteiger partial charge in [-0.1, -0.05) is 34.8 Å². The monoisotopic (exact) mass is 372 g/mol. The van der Waals surface area contributed by atoms with Crippen LogP contribution in [0.5, 0.6) is 0 Å². The lowest BCUT2D eigenvalue weighted by Crippen LogP contribution is -2.35. The first kappa shape index (κ1) is 17.3. The van der Waals surface area contributed by atoms with E-state index in [1.54, 1.807) is 0 Å². The number of alkyl halides is 3. The predicted molar refractivity (Wildman–Crippen MR) is 77.1 cm³/mol. The average Bonchev–Trinajstić information content (AvgIpc) is 2.76. The number of aliphatic hydroxyl groups is 1. The summed E-state index contributed by atoms with van der Waals surface area (Å²) in [6, 6.07) is 1.12. The van der Waals surface area contributed by atoms with E-state index in [1.165, 1.54) is 6.20 Å². The van der Waals surface area contributed by atoms with Gasteiger partial charge in [0, 0.05) is 18.7 Å². The first-order valence-electron chi connectivity index (χ1n) is 6.07. The van der Waals surface area contributed by atoms with Gasteiger partial charge in [0.25, 0.3) is 9.35 Å². The molecular weight excluding hydrogens is 362 g/mol. The first-order valence-corrected chi connectivity index (χ1v) is 7.21. The summed E-state index contributed by atoms with van der Waals surface area (Å²) < 4.78 is 9.01. The van der Waals surface area contributed by atoms with E-state index in [2.05, 4.69) is 0 Å². The second-order valence-electron chi connectivity index (χ2n) is 4.57. The Morgan fingerprint density at radius 3 is 2.77 bits per heavy atom. The molecule has 1 saturated heterocycles. The number of esters is 1. The lowest BCUT2D eigenvalue weighted by atomic mass is 10.2. The average molecular weight is 374 g/mol. The van der Waals surface area contributed by atoms with Gasteiger partial charge in [-0.25, -0.2) is 9.59 Å². The van der Waals surface area contributed by atoms with Crippen LogP contribution in [0.15, 0.2) is 21.9 Å². The van der Waals surface area contributed by atoms with Gasteiger partial charge < -0.3 is 14.6 Å². The zero-order valence-corrected chi connectivity index (χ0v) is 13.1. The summed E-state index contributed by atoms with van der Waals surface area (Å²) in [5.74, 6) is -1.07. The molecule has 0 amide bonds. The highest BCUT2D eigenvalue weighted by atomic mass is 35.6. The number of nitrogens with one attached hydrogen (secondary N) is 1. The van der Waals surface area contributed by atoms with Gasteiger partial charge in [0.05, 0.1) is 6.10 Å². The highest BCUT2D eigenvalue weighted by molar-refractivity contribution is 6.75. The minimum atomic E-state index is -2.20. The zero-order chi connectivity index (χ0) is 16.5. The van der Waals surface area contributed by atoms with Gasteiger partial charge in [0.1, 0.15) is 12.7 Å². The van der Waals surface area contributed by atoms with Gasteiger partial charge in [0.2, 0.25) is 0 Å². The van der Waals surface area contributed by atoms with Crippen molar-refractivity contribution in [1.29, 1.82) is 0 Å². The highest BCUT2D eigenvalue weighted by Crippen LogP contribution is 2.30.